The van der Waals surface area contributed by atoms with Gasteiger partial charge in [-0.3, -0.25) is 4.79 Å². The van der Waals surface area contributed by atoms with Crippen LogP contribution in [0, 0.1) is 23.7 Å². The highest BCUT2D eigenvalue weighted by molar-refractivity contribution is 6.99. The van der Waals surface area contributed by atoms with Crippen LogP contribution in [0.4, 0.5) is 0 Å². The third kappa shape index (κ3) is 9.78. The highest BCUT2D eigenvalue weighted by Crippen LogP contribution is 2.45. The molecule has 3 aromatic rings. The van der Waals surface area contributed by atoms with Gasteiger partial charge in [0.05, 0.1) is 48.7 Å². The van der Waals surface area contributed by atoms with Crippen LogP contribution in [0.1, 0.15) is 78.6 Å². The van der Waals surface area contributed by atoms with Crippen LogP contribution in [-0.4, -0.2) is 106 Å². The quantitative estimate of drug-likeness (QED) is 0.0598. The zero-order valence-corrected chi connectivity index (χ0v) is 38.5. The van der Waals surface area contributed by atoms with Gasteiger partial charge in [-0.2, -0.15) is 0 Å². The molecule has 0 radical (unpaired) electrons. The number of esters is 2. The van der Waals surface area contributed by atoms with E-state index in [1.54, 1.807) is 37.3 Å². The van der Waals surface area contributed by atoms with Crippen molar-refractivity contribution in [2.75, 3.05) is 13.2 Å². The fraction of sp³-hybridized carbons (Fsp3) is 0.583. The summed E-state index contributed by atoms with van der Waals surface area (Å²) in [5.41, 5.74) is 10.4. The summed E-state index contributed by atoms with van der Waals surface area (Å²) in [6, 6.07) is 28.2. The number of carbonyl (C=O) groups excluding carboxylic acids is 2. The molecular weight excluding hydrogens is 823 g/mol. The van der Waals surface area contributed by atoms with Gasteiger partial charge in [0.1, 0.15) is 18.8 Å². The summed E-state index contributed by atoms with van der Waals surface area (Å²) in [6.45, 7) is 15.6. The van der Waals surface area contributed by atoms with E-state index in [0.29, 0.717) is 5.56 Å². The molecule has 4 fully saturated rings. The second kappa shape index (κ2) is 19.9. The molecule has 7 unspecified atom stereocenters. The second-order valence-corrected chi connectivity index (χ2v) is 23.0. The number of benzene rings is 3. The van der Waals surface area contributed by atoms with Crippen molar-refractivity contribution in [3.05, 3.63) is 107 Å². The van der Waals surface area contributed by atoms with Gasteiger partial charge in [0.15, 0.2) is 18.7 Å². The van der Waals surface area contributed by atoms with E-state index in [-0.39, 0.29) is 48.4 Å². The van der Waals surface area contributed by atoms with Gasteiger partial charge < -0.3 is 42.7 Å². The van der Waals surface area contributed by atoms with Gasteiger partial charge in [-0.05, 0) is 63.7 Å². The Hall–Kier alpha value is -4.15. The standard InChI is InChI=1S/C48H63N3O11Si/c1-28-29(2)42(37-25-24-36(28)57-37)61-46-40(50-51-49)30(3)43(39(59-46)27-56-63(48(6,7)8,34-20-14-10-15-21-34)35-22-16-11-17-23-35)62-47-44(60-45(54)33-18-12-9-13-19-33)31(4)41(53)38(58-47)26-55-32(5)52/h9-23,28-31,36-44,46-47,53H,24-27H2,1-8H3/t28-,29+,30+,31-,36?,37?,38?,39?,40?,41-,42?,43-,44?,46-,47-/m0/s1. The lowest BCUT2D eigenvalue weighted by molar-refractivity contribution is -0.342. The molecular formula is C48H63N3O11Si. The van der Waals surface area contributed by atoms with Gasteiger partial charge in [0, 0.05) is 17.8 Å². The normalized spacial score (nSPS) is 34.4. The Kier molecular flexibility index (Phi) is 14.8. The maximum Gasteiger partial charge on any atom is 0.338 e. The lowest BCUT2D eigenvalue weighted by Gasteiger charge is -2.50. The largest absolute Gasteiger partial charge is 0.463 e. The molecule has 0 aromatic heterocycles. The molecule has 340 valence electrons. The Morgan fingerprint density at radius 3 is 1.89 bits per heavy atom. The van der Waals surface area contributed by atoms with Crippen molar-refractivity contribution >= 4 is 30.6 Å². The number of rotatable bonds is 14. The van der Waals surface area contributed by atoms with Crippen LogP contribution in [0.3, 0.4) is 0 Å². The Labute approximate surface area is 371 Å². The summed E-state index contributed by atoms with van der Waals surface area (Å²) in [5.74, 6) is -2.12. The smallest absolute Gasteiger partial charge is 0.338 e. The molecule has 15 heteroatoms. The van der Waals surface area contributed by atoms with Crippen LogP contribution in [-0.2, 0) is 42.4 Å². The maximum absolute atomic E-state index is 13.7. The van der Waals surface area contributed by atoms with Crippen LogP contribution in [0.15, 0.2) is 96.1 Å². The minimum Gasteiger partial charge on any atom is -0.463 e. The van der Waals surface area contributed by atoms with Gasteiger partial charge in [-0.1, -0.05) is 132 Å². The topological polar surface area (TPSA) is 177 Å². The number of carbonyl (C=O) groups is 2. The fourth-order valence-electron chi connectivity index (χ4n) is 10.1. The van der Waals surface area contributed by atoms with Crippen molar-refractivity contribution in [3.63, 3.8) is 0 Å². The van der Waals surface area contributed by atoms with Crippen LogP contribution in [0.2, 0.25) is 5.04 Å². The van der Waals surface area contributed by atoms with E-state index in [0.717, 1.165) is 23.2 Å². The van der Waals surface area contributed by atoms with Crippen LogP contribution in [0.5, 0.6) is 0 Å². The second-order valence-electron chi connectivity index (χ2n) is 18.7. The number of azide groups is 1. The number of ether oxygens (including phenoxy) is 7. The molecule has 14 nitrogen and oxygen atoms in total. The first-order chi connectivity index (χ1) is 30.1. The summed E-state index contributed by atoms with van der Waals surface area (Å²) in [6.07, 6.45) is -5.90. The fourth-order valence-corrected chi connectivity index (χ4v) is 14.6. The molecule has 4 aliphatic rings. The lowest BCUT2D eigenvalue weighted by Crippen LogP contribution is -2.68. The molecule has 0 amide bonds. The Balaban J connectivity index is 1.29. The van der Waals surface area contributed by atoms with Gasteiger partial charge in [0.2, 0.25) is 0 Å². The summed E-state index contributed by atoms with van der Waals surface area (Å²) in [5, 5.41) is 17.6. The molecule has 4 saturated heterocycles. The highest BCUT2D eigenvalue weighted by Gasteiger charge is 2.56. The van der Waals surface area contributed by atoms with Crippen LogP contribution in [0.25, 0.3) is 10.4 Å². The number of hydrogen-bond acceptors (Lipinski definition) is 12. The van der Waals surface area contributed by atoms with Gasteiger partial charge in [-0.25, -0.2) is 4.79 Å². The van der Waals surface area contributed by atoms with Crippen molar-refractivity contribution in [3.8, 4) is 0 Å². The van der Waals surface area contributed by atoms with Crippen LogP contribution < -0.4 is 10.4 Å². The van der Waals surface area contributed by atoms with Crippen molar-refractivity contribution < 1.29 is 52.3 Å². The highest BCUT2D eigenvalue weighted by atomic mass is 28.4. The average Bonchev–Trinajstić information content (AvgIpc) is 3.73. The molecule has 15 atom stereocenters. The number of aliphatic hydroxyl groups is 1. The number of fused-ring (bicyclic) bond motifs is 2. The Morgan fingerprint density at radius 1 is 0.730 bits per heavy atom. The zero-order chi connectivity index (χ0) is 45.1. The molecule has 3 aromatic carbocycles. The third-order valence-electron chi connectivity index (χ3n) is 13.8. The average molecular weight is 886 g/mol. The summed E-state index contributed by atoms with van der Waals surface area (Å²) < 4.78 is 52.8. The zero-order valence-electron chi connectivity index (χ0n) is 37.5. The summed E-state index contributed by atoms with van der Waals surface area (Å²) in [7, 11) is -3.15. The van der Waals surface area contributed by atoms with E-state index >= 15 is 0 Å². The minimum absolute atomic E-state index is 0.0278. The Morgan fingerprint density at radius 2 is 1.30 bits per heavy atom. The van der Waals surface area contributed by atoms with Crippen molar-refractivity contribution in [2.45, 2.75) is 141 Å². The van der Waals surface area contributed by atoms with E-state index < -0.39 is 81.2 Å². The van der Waals surface area contributed by atoms with Crippen molar-refractivity contribution in [2.24, 2.45) is 28.8 Å². The molecule has 7 rings (SSSR count). The van der Waals surface area contributed by atoms with E-state index in [1.165, 1.54) is 6.92 Å². The molecule has 0 aliphatic carbocycles. The van der Waals surface area contributed by atoms with Crippen molar-refractivity contribution in [1.82, 2.24) is 0 Å². The molecule has 63 heavy (non-hydrogen) atoms. The first kappa shape index (κ1) is 46.8. The number of hydrogen-bond donors (Lipinski definition) is 1. The predicted molar refractivity (Wildman–Crippen MR) is 236 cm³/mol. The third-order valence-corrected chi connectivity index (χ3v) is 18.8. The maximum atomic E-state index is 13.7. The van der Waals surface area contributed by atoms with Crippen LogP contribution >= 0.6 is 0 Å². The summed E-state index contributed by atoms with van der Waals surface area (Å²) in [4.78, 5) is 28.9. The Bertz CT molecular complexity index is 2000. The first-order valence-electron chi connectivity index (χ1n) is 22.3. The van der Waals surface area contributed by atoms with E-state index in [1.807, 2.05) is 43.3 Å². The first-order valence-corrected chi connectivity index (χ1v) is 24.2. The van der Waals surface area contributed by atoms with E-state index in [9.17, 15) is 20.2 Å². The van der Waals surface area contributed by atoms with Crippen molar-refractivity contribution in [1.29, 1.82) is 0 Å². The van der Waals surface area contributed by atoms with E-state index in [4.69, 9.17) is 37.6 Å². The van der Waals surface area contributed by atoms with Gasteiger partial charge in [-0.15, -0.1) is 0 Å². The molecule has 4 heterocycles. The monoisotopic (exact) mass is 885 g/mol. The van der Waals surface area contributed by atoms with E-state index in [2.05, 4.69) is 68.9 Å². The molecule has 1 N–H and O–H groups in total. The minimum atomic E-state index is -3.15. The van der Waals surface area contributed by atoms with Gasteiger partial charge in [0.25, 0.3) is 8.32 Å². The number of aliphatic hydroxyl groups excluding tert-OH is 1. The lowest BCUT2D eigenvalue weighted by atomic mass is 9.84. The molecule has 0 saturated carbocycles. The summed E-state index contributed by atoms with van der Waals surface area (Å²) >= 11 is 0. The molecule has 0 spiro atoms. The SMILES string of the molecule is CC(=O)OCC1O[C@@H](O[C@@H]2C(CO[Si](c3ccccc3)(c3ccccc3)C(C)(C)C)O[C@@H](OC3C4CCC(O4)[C@@H](C)[C@H]3C)C(N=[N+]=[N-])[C@H]2C)C(OC(=O)c2ccccc2)[C@@H](C)[C@@H]1O. The predicted octanol–water partition coefficient (Wildman–Crippen LogP) is 6.72. The number of nitrogens with zero attached hydrogens (tertiary/aromatic N) is 3. The van der Waals surface area contributed by atoms with Gasteiger partial charge >= 0.3 is 11.9 Å². The molecule has 2 bridgehead atoms. The molecule has 4 aliphatic heterocycles.